The zero-order valence-electron chi connectivity index (χ0n) is 19.8. The molecule has 0 spiro atoms. The van der Waals surface area contributed by atoms with E-state index in [1.54, 1.807) is 4.57 Å². The Bertz CT molecular complexity index is 1520. The van der Waals surface area contributed by atoms with Crippen molar-refractivity contribution >= 4 is 5.91 Å². The van der Waals surface area contributed by atoms with Gasteiger partial charge in [0.25, 0.3) is 5.91 Å². The zero-order valence-corrected chi connectivity index (χ0v) is 19.8. The summed E-state index contributed by atoms with van der Waals surface area (Å²) in [7, 11) is 0. The van der Waals surface area contributed by atoms with E-state index in [0.29, 0.717) is 24.6 Å². The number of tetrazole rings is 1. The molecule has 36 heavy (non-hydrogen) atoms. The van der Waals surface area contributed by atoms with Gasteiger partial charge in [0.05, 0.1) is 13.0 Å². The van der Waals surface area contributed by atoms with Gasteiger partial charge in [-0.15, -0.1) is 14.9 Å². The van der Waals surface area contributed by atoms with E-state index in [1.807, 2.05) is 85.8 Å². The predicted octanol–water partition coefficient (Wildman–Crippen LogP) is 3.78. The van der Waals surface area contributed by atoms with Gasteiger partial charge in [0.2, 0.25) is 0 Å². The summed E-state index contributed by atoms with van der Waals surface area (Å²) >= 11 is 0. The molecule has 0 amide bonds. The number of rotatable bonds is 8. The minimum Gasteiger partial charge on any atom is -0.274 e. The van der Waals surface area contributed by atoms with Gasteiger partial charge < -0.3 is 0 Å². The van der Waals surface area contributed by atoms with E-state index in [0.717, 1.165) is 38.9 Å². The van der Waals surface area contributed by atoms with Gasteiger partial charge >= 0.3 is 5.69 Å². The first-order chi connectivity index (χ1) is 17.6. The highest BCUT2D eigenvalue weighted by molar-refractivity contribution is 5.81. The lowest BCUT2D eigenvalue weighted by Gasteiger charge is -2.09. The van der Waals surface area contributed by atoms with Crippen molar-refractivity contribution in [3.63, 3.8) is 0 Å². The Labute approximate surface area is 207 Å². The molecule has 5 aromatic rings. The molecule has 5 rings (SSSR count). The highest BCUT2D eigenvalue weighted by atomic mass is 16.2. The first-order valence-electron chi connectivity index (χ1n) is 11.8. The average Bonchev–Trinajstić information content (AvgIpc) is 3.55. The van der Waals surface area contributed by atoms with Crippen molar-refractivity contribution in [2.45, 2.75) is 32.7 Å². The number of carbonyl (C=O) groups is 1. The van der Waals surface area contributed by atoms with Gasteiger partial charge in [-0.25, -0.2) is 9.89 Å². The van der Waals surface area contributed by atoms with Crippen molar-refractivity contribution in [3.05, 3.63) is 106 Å². The fraction of sp³-hybridized carbons (Fsp3) is 0.185. The van der Waals surface area contributed by atoms with Crippen LogP contribution in [0.5, 0.6) is 0 Å². The third kappa shape index (κ3) is 4.76. The number of aromatic nitrogens is 7. The molecule has 0 atom stereocenters. The van der Waals surface area contributed by atoms with Gasteiger partial charge in [-0.2, -0.15) is 0 Å². The van der Waals surface area contributed by atoms with Crippen LogP contribution in [0.3, 0.4) is 0 Å². The summed E-state index contributed by atoms with van der Waals surface area (Å²) in [4.78, 5) is 26.0. The van der Waals surface area contributed by atoms with Gasteiger partial charge in [-0.1, -0.05) is 85.8 Å². The number of aryl methyl sites for hydroxylation is 1. The number of nitrogens with one attached hydrogen (secondary N) is 1. The summed E-state index contributed by atoms with van der Waals surface area (Å²) in [6.07, 6.45) is 1.55. The third-order valence-electron chi connectivity index (χ3n) is 5.98. The first-order valence-corrected chi connectivity index (χ1v) is 11.8. The minimum atomic E-state index is -0.411. The van der Waals surface area contributed by atoms with Gasteiger partial charge in [0, 0.05) is 12.0 Å². The maximum Gasteiger partial charge on any atom is 0.353 e. The van der Waals surface area contributed by atoms with Crippen molar-refractivity contribution in [3.8, 4) is 22.5 Å². The lowest BCUT2D eigenvalue weighted by Crippen LogP contribution is -2.31. The Balaban J connectivity index is 1.41. The molecule has 0 aliphatic heterocycles. The molecule has 0 saturated carbocycles. The van der Waals surface area contributed by atoms with Gasteiger partial charge in [0.15, 0.2) is 5.82 Å². The van der Waals surface area contributed by atoms with Gasteiger partial charge in [-0.05, 0) is 39.1 Å². The monoisotopic (exact) mass is 479 g/mol. The number of aromatic amines is 1. The maximum absolute atomic E-state index is 13.2. The van der Waals surface area contributed by atoms with Crippen molar-refractivity contribution in [2.75, 3.05) is 0 Å². The third-order valence-corrected chi connectivity index (χ3v) is 5.98. The summed E-state index contributed by atoms with van der Waals surface area (Å²) in [5.41, 5.74) is 4.26. The van der Waals surface area contributed by atoms with Crippen molar-refractivity contribution < 1.29 is 4.79 Å². The Hall–Kier alpha value is -4.66. The molecule has 0 saturated heterocycles. The molecule has 0 bridgehead atoms. The quantitative estimate of drug-likeness (QED) is 0.363. The molecule has 2 aromatic heterocycles. The Morgan fingerprint density at radius 3 is 2.31 bits per heavy atom. The Morgan fingerprint density at radius 1 is 0.889 bits per heavy atom. The molecule has 0 radical (unpaired) electrons. The summed E-state index contributed by atoms with van der Waals surface area (Å²) in [6.45, 7) is 2.36. The van der Waals surface area contributed by atoms with Crippen LogP contribution >= 0.6 is 0 Å². The summed E-state index contributed by atoms with van der Waals surface area (Å²) in [5, 5.41) is 18.6. The molecular formula is C27H25N7O2. The van der Waals surface area contributed by atoms with Crippen LogP contribution in [0.15, 0.2) is 83.7 Å². The molecule has 0 unspecified atom stereocenters. The molecule has 2 heterocycles. The smallest absolute Gasteiger partial charge is 0.274 e. The van der Waals surface area contributed by atoms with E-state index in [4.69, 9.17) is 0 Å². The number of hydrogen-bond donors (Lipinski definition) is 1. The van der Waals surface area contributed by atoms with E-state index in [9.17, 15) is 9.59 Å². The van der Waals surface area contributed by atoms with Crippen LogP contribution in [-0.4, -0.2) is 40.9 Å². The van der Waals surface area contributed by atoms with Crippen molar-refractivity contribution in [1.82, 2.24) is 35.0 Å². The van der Waals surface area contributed by atoms with Crippen LogP contribution in [0.1, 0.15) is 35.1 Å². The number of H-pyrrole nitrogens is 1. The number of hydrogen-bond acceptors (Lipinski definition) is 6. The largest absolute Gasteiger partial charge is 0.353 e. The minimum absolute atomic E-state index is 0.123. The van der Waals surface area contributed by atoms with Crippen LogP contribution in [0.25, 0.3) is 22.5 Å². The SMILES string of the molecule is CCCc1nn(C(=O)Cc2ccccc2)c(=O)n1Cc1ccc(-c2ccccc2-c2nnn[nH]2)cc1. The maximum atomic E-state index is 13.2. The van der Waals surface area contributed by atoms with Crippen LogP contribution in [0.2, 0.25) is 0 Å². The molecule has 9 nitrogen and oxygen atoms in total. The zero-order chi connectivity index (χ0) is 24.9. The molecule has 0 aliphatic carbocycles. The van der Waals surface area contributed by atoms with Gasteiger partial charge in [-0.3, -0.25) is 9.36 Å². The highest BCUT2D eigenvalue weighted by Gasteiger charge is 2.19. The normalized spacial score (nSPS) is 11.0. The summed E-state index contributed by atoms with van der Waals surface area (Å²) in [5.74, 6) is 0.866. The predicted molar refractivity (Wildman–Crippen MR) is 135 cm³/mol. The standard InChI is InChI=1S/C27H25N7O2/c1-2-8-24-30-34(25(35)17-19-9-4-3-5-10-19)27(36)33(24)18-20-13-15-21(16-14-20)22-11-6-7-12-23(22)26-28-31-32-29-26/h3-7,9-16H,2,8,17-18H2,1H3,(H,28,29,31,32). The topological polar surface area (TPSA) is 111 Å². The van der Waals surface area contributed by atoms with Crippen LogP contribution in [-0.2, 0) is 19.4 Å². The second-order valence-electron chi connectivity index (χ2n) is 8.50. The summed E-state index contributed by atoms with van der Waals surface area (Å²) < 4.78 is 2.60. The second-order valence-corrected chi connectivity index (χ2v) is 8.50. The Morgan fingerprint density at radius 2 is 1.61 bits per heavy atom. The van der Waals surface area contributed by atoms with E-state index in [1.165, 1.54) is 0 Å². The van der Waals surface area contributed by atoms with E-state index in [2.05, 4.69) is 25.7 Å². The van der Waals surface area contributed by atoms with Crippen LogP contribution in [0, 0.1) is 0 Å². The highest BCUT2D eigenvalue weighted by Crippen LogP contribution is 2.29. The lowest BCUT2D eigenvalue weighted by atomic mass is 9.98. The molecule has 0 aliphatic rings. The van der Waals surface area contributed by atoms with Crippen molar-refractivity contribution in [2.24, 2.45) is 0 Å². The summed E-state index contributed by atoms with van der Waals surface area (Å²) in [6, 6.07) is 25.2. The van der Waals surface area contributed by atoms with Crippen LogP contribution in [0.4, 0.5) is 0 Å². The molecule has 3 aromatic carbocycles. The molecule has 180 valence electrons. The van der Waals surface area contributed by atoms with Crippen LogP contribution < -0.4 is 5.69 Å². The fourth-order valence-electron chi connectivity index (χ4n) is 4.20. The van der Waals surface area contributed by atoms with E-state index in [-0.39, 0.29) is 12.3 Å². The Kier molecular flexibility index (Phi) is 6.61. The molecule has 0 fully saturated rings. The van der Waals surface area contributed by atoms with Crippen molar-refractivity contribution in [1.29, 1.82) is 0 Å². The molecular weight excluding hydrogens is 454 g/mol. The number of nitrogens with zero attached hydrogens (tertiary/aromatic N) is 6. The second kappa shape index (κ2) is 10.3. The van der Waals surface area contributed by atoms with Gasteiger partial charge in [0.1, 0.15) is 5.82 Å². The lowest BCUT2D eigenvalue weighted by molar-refractivity contribution is 0.0892. The fourth-order valence-corrected chi connectivity index (χ4v) is 4.20. The molecule has 9 heteroatoms. The average molecular weight is 480 g/mol. The van der Waals surface area contributed by atoms with E-state index < -0.39 is 5.69 Å². The first kappa shape index (κ1) is 23.1. The molecule has 1 N–H and O–H groups in total. The number of benzene rings is 3. The number of carbonyl (C=O) groups excluding carboxylic acids is 1. The van der Waals surface area contributed by atoms with E-state index >= 15 is 0 Å².